The zero-order valence-electron chi connectivity index (χ0n) is 13.6. The fourth-order valence-electron chi connectivity index (χ4n) is 2.34. The van der Waals surface area contributed by atoms with Gasteiger partial charge in [-0.1, -0.05) is 6.92 Å². The molecule has 0 aliphatic carbocycles. The summed E-state index contributed by atoms with van der Waals surface area (Å²) >= 11 is 1.65. The van der Waals surface area contributed by atoms with Crippen LogP contribution in [0.3, 0.4) is 0 Å². The Bertz CT molecular complexity index is 912. The molecule has 24 heavy (non-hydrogen) atoms. The number of rotatable bonds is 5. The second kappa shape index (κ2) is 6.79. The van der Waals surface area contributed by atoms with Crippen LogP contribution in [0.4, 0.5) is 5.82 Å². The van der Waals surface area contributed by atoms with E-state index in [4.69, 9.17) is 4.74 Å². The number of nitrogens with one attached hydrogen (secondary N) is 1. The molecule has 0 aliphatic rings. The third-order valence-electron chi connectivity index (χ3n) is 3.59. The van der Waals surface area contributed by atoms with Crippen molar-refractivity contribution in [3.05, 3.63) is 40.8 Å². The first-order chi connectivity index (χ1) is 11.6. The highest BCUT2D eigenvalue weighted by atomic mass is 32.1. The highest BCUT2D eigenvalue weighted by Gasteiger charge is 2.14. The van der Waals surface area contributed by atoms with Gasteiger partial charge >= 0.3 is 5.97 Å². The lowest BCUT2D eigenvalue weighted by molar-refractivity contribution is 0.0590. The number of nitrogens with zero attached hydrogens (tertiary/aromatic N) is 4. The summed E-state index contributed by atoms with van der Waals surface area (Å²) in [6.45, 7) is 2.10. The highest BCUT2D eigenvalue weighted by molar-refractivity contribution is 7.18. The van der Waals surface area contributed by atoms with Crippen LogP contribution in [0, 0.1) is 0 Å². The van der Waals surface area contributed by atoms with Gasteiger partial charge in [0.1, 0.15) is 16.9 Å². The van der Waals surface area contributed by atoms with Gasteiger partial charge in [0, 0.05) is 23.7 Å². The molecule has 0 saturated heterocycles. The summed E-state index contributed by atoms with van der Waals surface area (Å²) in [6.07, 6.45) is 5.82. The first-order valence-electron chi connectivity index (χ1n) is 7.40. The predicted molar refractivity (Wildman–Crippen MR) is 94.8 cm³/mol. The number of aryl methyl sites for hydroxylation is 2. The second-order valence-corrected chi connectivity index (χ2v) is 6.21. The summed E-state index contributed by atoms with van der Waals surface area (Å²) in [7, 11) is 3.14. The maximum absolute atomic E-state index is 11.8. The van der Waals surface area contributed by atoms with Crippen LogP contribution in [0.25, 0.3) is 10.2 Å². The largest absolute Gasteiger partial charge is 0.464 e. The van der Waals surface area contributed by atoms with Gasteiger partial charge in [0.2, 0.25) is 0 Å². The van der Waals surface area contributed by atoms with Crippen LogP contribution in [0.15, 0.2) is 29.8 Å². The molecule has 3 heterocycles. The molecule has 3 aromatic heterocycles. The van der Waals surface area contributed by atoms with Crippen molar-refractivity contribution in [2.45, 2.75) is 13.3 Å². The number of fused-ring (bicyclic) bond motifs is 1. The summed E-state index contributed by atoms with van der Waals surface area (Å²) in [5.74, 6) is 0.238. The second-order valence-electron chi connectivity index (χ2n) is 5.10. The maximum Gasteiger partial charge on any atom is 0.355 e. The molecule has 0 atom stereocenters. The fraction of sp³-hybridized carbons (Fsp3) is 0.250. The molecule has 0 saturated carbocycles. The molecule has 3 rings (SSSR count). The van der Waals surface area contributed by atoms with Crippen LogP contribution >= 0.6 is 11.3 Å². The van der Waals surface area contributed by atoms with Crippen LogP contribution in [0.5, 0.6) is 0 Å². The smallest absolute Gasteiger partial charge is 0.355 e. The van der Waals surface area contributed by atoms with E-state index in [-0.39, 0.29) is 0 Å². The van der Waals surface area contributed by atoms with Crippen molar-refractivity contribution in [1.82, 2.24) is 14.5 Å². The molecular weight excluding hydrogens is 326 g/mol. The van der Waals surface area contributed by atoms with Gasteiger partial charge < -0.3 is 9.30 Å². The molecular formula is C16H17N5O2S. The van der Waals surface area contributed by atoms with Crippen molar-refractivity contribution in [2.24, 2.45) is 12.1 Å². The fourth-order valence-corrected chi connectivity index (χ4v) is 3.28. The van der Waals surface area contributed by atoms with E-state index in [1.165, 1.54) is 18.3 Å². The van der Waals surface area contributed by atoms with Gasteiger partial charge in [0.25, 0.3) is 0 Å². The van der Waals surface area contributed by atoms with Gasteiger partial charge in [-0.25, -0.2) is 14.8 Å². The first kappa shape index (κ1) is 16.1. The van der Waals surface area contributed by atoms with Crippen molar-refractivity contribution < 1.29 is 9.53 Å². The topological polar surface area (TPSA) is 81.4 Å². The lowest BCUT2D eigenvalue weighted by atomic mass is 10.2. The molecule has 0 bridgehead atoms. The minimum atomic E-state index is -0.404. The van der Waals surface area contributed by atoms with Gasteiger partial charge in [-0.15, -0.1) is 11.3 Å². The maximum atomic E-state index is 11.8. The zero-order chi connectivity index (χ0) is 17.1. The van der Waals surface area contributed by atoms with Crippen LogP contribution < -0.4 is 5.43 Å². The molecule has 0 spiro atoms. The molecule has 0 unspecified atom stereocenters. The Morgan fingerprint density at radius 2 is 2.33 bits per heavy atom. The van der Waals surface area contributed by atoms with Gasteiger partial charge in [-0.05, 0) is 18.6 Å². The van der Waals surface area contributed by atoms with E-state index in [1.54, 1.807) is 41.4 Å². The summed E-state index contributed by atoms with van der Waals surface area (Å²) in [5.41, 5.74) is 4.04. The molecule has 0 radical (unpaired) electrons. The average Bonchev–Trinajstić information content (AvgIpc) is 3.18. The number of hydrogen-bond donors (Lipinski definition) is 1. The number of hydrogen-bond acceptors (Lipinski definition) is 7. The number of carbonyl (C=O) groups excluding carboxylic acids is 1. The number of aromatic nitrogens is 3. The Labute approximate surface area is 143 Å². The van der Waals surface area contributed by atoms with Crippen molar-refractivity contribution in [2.75, 3.05) is 12.5 Å². The van der Waals surface area contributed by atoms with Crippen molar-refractivity contribution in [3.63, 3.8) is 0 Å². The summed E-state index contributed by atoms with van der Waals surface area (Å²) < 4.78 is 6.49. The Hall–Kier alpha value is -2.74. The van der Waals surface area contributed by atoms with Crippen molar-refractivity contribution in [1.29, 1.82) is 0 Å². The number of ether oxygens (including phenoxy) is 1. The molecule has 8 heteroatoms. The summed E-state index contributed by atoms with van der Waals surface area (Å²) in [6, 6.07) is 3.87. The van der Waals surface area contributed by atoms with Crippen molar-refractivity contribution >= 4 is 39.6 Å². The van der Waals surface area contributed by atoms with Crippen molar-refractivity contribution in [3.8, 4) is 0 Å². The number of esters is 1. The normalized spacial score (nSPS) is 11.3. The van der Waals surface area contributed by atoms with E-state index in [2.05, 4.69) is 33.5 Å². The lowest BCUT2D eigenvalue weighted by Crippen LogP contribution is -2.10. The van der Waals surface area contributed by atoms with E-state index in [1.807, 2.05) is 0 Å². The third kappa shape index (κ3) is 3.00. The molecule has 1 N–H and O–H groups in total. The Morgan fingerprint density at radius 3 is 3.08 bits per heavy atom. The minimum Gasteiger partial charge on any atom is -0.464 e. The molecule has 0 aromatic carbocycles. The minimum absolute atomic E-state index is 0.404. The van der Waals surface area contributed by atoms with Gasteiger partial charge in [0.05, 0.1) is 18.7 Å². The molecule has 124 valence electrons. The monoisotopic (exact) mass is 343 g/mol. The molecule has 7 nitrogen and oxygen atoms in total. The van der Waals surface area contributed by atoms with E-state index in [9.17, 15) is 4.79 Å². The average molecular weight is 343 g/mol. The summed E-state index contributed by atoms with van der Waals surface area (Å²) in [4.78, 5) is 22.5. The predicted octanol–water partition coefficient (Wildman–Crippen LogP) is 2.82. The van der Waals surface area contributed by atoms with Gasteiger partial charge in [-0.3, -0.25) is 5.43 Å². The van der Waals surface area contributed by atoms with Crippen LogP contribution in [-0.2, 0) is 18.2 Å². The number of hydrazone groups is 1. The standard InChI is InChI=1S/C16H17N5O2S/c1-4-11-7-12-14(17-9-18-15(12)24-11)20-19-8-10-5-6-21(2)13(10)16(22)23-3/h5-9H,4H2,1-3H3,(H,17,18,20)/b19-8+. The molecule has 0 amide bonds. The molecule has 3 aromatic rings. The summed E-state index contributed by atoms with van der Waals surface area (Å²) in [5, 5.41) is 5.15. The Morgan fingerprint density at radius 1 is 1.50 bits per heavy atom. The van der Waals surface area contributed by atoms with E-state index in [0.29, 0.717) is 17.1 Å². The number of anilines is 1. The number of carbonyl (C=O) groups is 1. The van der Waals surface area contributed by atoms with Crippen LogP contribution in [0.2, 0.25) is 0 Å². The van der Waals surface area contributed by atoms with Gasteiger partial charge in [0.15, 0.2) is 5.82 Å². The zero-order valence-corrected chi connectivity index (χ0v) is 14.4. The highest BCUT2D eigenvalue weighted by Crippen LogP contribution is 2.28. The van der Waals surface area contributed by atoms with Crippen LogP contribution in [0.1, 0.15) is 27.9 Å². The Kier molecular flexibility index (Phi) is 4.57. The number of thiophene rings is 1. The van der Waals surface area contributed by atoms with E-state index < -0.39 is 5.97 Å². The first-order valence-corrected chi connectivity index (χ1v) is 8.21. The van der Waals surface area contributed by atoms with E-state index in [0.717, 1.165) is 16.6 Å². The third-order valence-corrected chi connectivity index (χ3v) is 4.77. The quantitative estimate of drug-likeness (QED) is 0.438. The van der Waals surface area contributed by atoms with E-state index >= 15 is 0 Å². The molecule has 0 fully saturated rings. The van der Waals surface area contributed by atoms with Crippen LogP contribution in [-0.4, -0.2) is 33.8 Å². The lowest BCUT2D eigenvalue weighted by Gasteiger charge is -2.03. The SMILES string of the molecule is CCc1cc2c(N/N=C/c3ccn(C)c3C(=O)OC)ncnc2s1. The number of methoxy groups -OCH3 is 1. The molecule has 0 aliphatic heterocycles. The Balaban J connectivity index is 1.85. The van der Waals surface area contributed by atoms with Gasteiger partial charge in [-0.2, -0.15) is 5.10 Å².